The largest absolute Gasteiger partial charge is 0.481 e. The summed E-state index contributed by atoms with van der Waals surface area (Å²) in [4.78, 5) is 20.1. The average Bonchev–Trinajstić information content (AvgIpc) is 3.35. The molecular formula is C25H30FN5O2. The number of pyridine rings is 1. The highest BCUT2D eigenvalue weighted by Gasteiger charge is 2.34. The second-order valence-corrected chi connectivity index (χ2v) is 7.83. The quantitative estimate of drug-likeness (QED) is 0.499. The summed E-state index contributed by atoms with van der Waals surface area (Å²) in [5.74, 6) is 0.108. The van der Waals surface area contributed by atoms with Crippen LogP contribution in [-0.4, -0.2) is 43.9 Å². The molecule has 1 unspecified atom stereocenters. The molecule has 0 radical (unpaired) electrons. The molecule has 0 bridgehead atoms. The number of methoxy groups -OCH3 is 1. The number of amides is 1. The second kappa shape index (κ2) is 11.4. The van der Waals surface area contributed by atoms with Gasteiger partial charge in [-0.2, -0.15) is 15.0 Å². The lowest BCUT2D eigenvalue weighted by Crippen LogP contribution is -2.45. The van der Waals surface area contributed by atoms with E-state index < -0.39 is 0 Å². The van der Waals surface area contributed by atoms with E-state index in [1.165, 1.54) is 29.6 Å². The maximum absolute atomic E-state index is 13.1. The minimum Gasteiger partial charge on any atom is -0.481 e. The van der Waals surface area contributed by atoms with Crippen molar-refractivity contribution in [3.05, 3.63) is 77.6 Å². The summed E-state index contributed by atoms with van der Waals surface area (Å²) in [6, 6.07) is 8.82. The first-order valence-electron chi connectivity index (χ1n) is 11.1. The number of nitrogens with zero attached hydrogens (tertiary/aromatic N) is 5. The molecule has 7 nitrogen and oxygen atoms in total. The molecular weight excluding hydrogens is 421 g/mol. The van der Waals surface area contributed by atoms with Gasteiger partial charge in [0, 0.05) is 12.3 Å². The van der Waals surface area contributed by atoms with Gasteiger partial charge in [-0.05, 0) is 43.5 Å². The van der Waals surface area contributed by atoms with Crippen molar-refractivity contribution in [2.75, 3.05) is 7.11 Å². The Morgan fingerprint density at radius 1 is 1.12 bits per heavy atom. The standard InChI is InChI=1S/C19H24N4O.C6H6FNO/c1-4-6-15-13-22(17(15)7-5-2)19(24)16-12-14(3)8-9-18(16)23-20-10-11-21-23;1-9-6-3-2-5(7)4-8-6/h8-13,17H,4-7H2,1-3H3;2-4H,1H3. The minimum absolute atomic E-state index is 0.0318. The summed E-state index contributed by atoms with van der Waals surface area (Å²) in [6.07, 6.45) is 10.6. The van der Waals surface area contributed by atoms with Gasteiger partial charge in [-0.25, -0.2) is 9.37 Å². The van der Waals surface area contributed by atoms with E-state index in [1.54, 1.807) is 12.4 Å². The van der Waals surface area contributed by atoms with Crippen LogP contribution in [0, 0.1) is 12.7 Å². The van der Waals surface area contributed by atoms with Gasteiger partial charge in [-0.3, -0.25) is 4.79 Å². The van der Waals surface area contributed by atoms with Gasteiger partial charge in [-0.15, -0.1) is 0 Å². The predicted molar refractivity (Wildman–Crippen MR) is 125 cm³/mol. The van der Waals surface area contributed by atoms with Crippen LogP contribution in [0.15, 0.2) is 60.7 Å². The van der Waals surface area contributed by atoms with Gasteiger partial charge in [0.2, 0.25) is 5.88 Å². The van der Waals surface area contributed by atoms with Crippen molar-refractivity contribution < 1.29 is 13.9 Å². The van der Waals surface area contributed by atoms with E-state index in [9.17, 15) is 9.18 Å². The first kappa shape index (κ1) is 24.1. The molecule has 174 valence electrons. The Morgan fingerprint density at radius 2 is 1.88 bits per heavy atom. The Balaban J connectivity index is 0.000000286. The Hall–Kier alpha value is -3.55. The van der Waals surface area contributed by atoms with E-state index in [0.717, 1.165) is 43.1 Å². The summed E-state index contributed by atoms with van der Waals surface area (Å²) in [5, 5.41) is 8.36. The van der Waals surface area contributed by atoms with Crippen molar-refractivity contribution in [1.29, 1.82) is 0 Å². The number of hydrogen-bond donors (Lipinski definition) is 0. The van der Waals surface area contributed by atoms with Crippen LogP contribution < -0.4 is 4.74 Å². The van der Waals surface area contributed by atoms with Gasteiger partial charge in [0.05, 0.1) is 43.0 Å². The number of benzene rings is 1. The second-order valence-electron chi connectivity index (χ2n) is 7.83. The number of rotatable bonds is 7. The highest BCUT2D eigenvalue weighted by atomic mass is 19.1. The maximum Gasteiger partial charge on any atom is 0.260 e. The van der Waals surface area contributed by atoms with Crippen molar-refractivity contribution in [1.82, 2.24) is 24.9 Å². The Kier molecular flexibility index (Phi) is 8.29. The summed E-state index contributed by atoms with van der Waals surface area (Å²) < 4.78 is 16.8. The molecule has 0 aliphatic carbocycles. The lowest BCUT2D eigenvalue weighted by molar-refractivity contribution is 0.0735. The van der Waals surface area contributed by atoms with Crippen LogP contribution in [0.3, 0.4) is 0 Å². The zero-order valence-corrected chi connectivity index (χ0v) is 19.5. The molecule has 1 aliphatic heterocycles. The van der Waals surface area contributed by atoms with Crippen LogP contribution in [0.2, 0.25) is 0 Å². The molecule has 3 aromatic rings. The molecule has 8 heteroatoms. The zero-order valence-electron chi connectivity index (χ0n) is 19.5. The number of hydrogen-bond acceptors (Lipinski definition) is 5. The van der Waals surface area contributed by atoms with E-state index in [2.05, 4.69) is 29.0 Å². The summed E-state index contributed by atoms with van der Waals surface area (Å²) >= 11 is 0. The zero-order chi connectivity index (χ0) is 23.8. The van der Waals surface area contributed by atoms with Crippen molar-refractivity contribution in [3.8, 4) is 11.6 Å². The van der Waals surface area contributed by atoms with Gasteiger partial charge < -0.3 is 9.64 Å². The topological polar surface area (TPSA) is 73.1 Å². The monoisotopic (exact) mass is 451 g/mol. The molecule has 1 aromatic carbocycles. The third-order valence-corrected chi connectivity index (χ3v) is 5.33. The van der Waals surface area contributed by atoms with Crippen molar-refractivity contribution in [3.63, 3.8) is 0 Å². The van der Waals surface area contributed by atoms with Crippen LogP contribution in [0.1, 0.15) is 55.5 Å². The van der Waals surface area contributed by atoms with Gasteiger partial charge >= 0.3 is 0 Å². The van der Waals surface area contributed by atoms with Crippen molar-refractivity contribution >= 4 is 5.91 Å². The lowest BCUT2D eigenvalue weighted by Gasteiger charge is -2.40. The molecule has 0 fully saturated rings. The van der Waals surface area contributed by atoms with Crippen LogP contribution in [-0.2, 0) is 0 Å². The smallest absolute Gasteiger partial charge is 0.260 e. The lowest BCUT2D eigenvalue weighted by atomic mass is 9.90. The van der Waals surface area contributed by atoms with Gasteiger partial charge in [0.15, 0.2) is 0 Å². The third-order valence-electron chi connectivity index (χ3n) is 5.33. The molecule has 0 N–H and O–H groups in total. The normalized spacial score (nSPS) is 14.6. The highest BCUT2D eigenvalue weighted by molar-refractivity contribution is 5.99. The van der Waals surface area contributed by atoms with E-state index >= 15 is 0 Å². The number of carbonyl (C=O) groups excluding carboxylic acids is 1. The fourth-order valence-electron chi connectivity index (χ4n) is 3.73. The van der Waals surface area contributed by atoms with Gasteiger partial charge in [0.1, 0.15) is 5.82 Å². The van der Waals surface area contributed by atoms with Crippen molar-refractivity contribution in [2.24, 2.45) is 0 Å². The van der Waals surface area contributed by atoms with Crippen LogP contribution in [0.5, 0.6) is 5.88 Å². The minimum atomic E-state index is -0.351. The number of ether oxygens (including phenoxy) is 1. The molecule has 1 amide bonds. The summed E-state index contributed by atoms with van der Waals surface area (Å²) in [6.45, 7) is 6.34. The van der Waals surface area contributed by atoms with E-state index in [1.807, 2.05) is 36.2 Å². The third kappa shape index (κ3) is 5.83. The van der Waals surface area contributed by atoms with Gasteiger partial charge in [0.25, 0.3) is 5.91 Å². The molecule has 4 rings (SSSR count). The first-order chi connectivity index (χ1) is 16.0. The molecule has 33 heavy (non-hydrogen) atoms. The Labute approximate surface area is 193 Å². The molecule has 3 heterocycles. The fraction of sp³-hybridized carbons (Fsp3) is 0.360. The molecule has 1 aliphatic rings. The van der Waals surface area contributed by atoms with Crippen LogP contribution in [0.4, 0.5) is 4.39 Å². The van der Waals surface area contributed by atoms with E-state index in [-0.39, 0.29) is 17.8 Å². The first-order valence-corrected chi connectivity index (χ1v) is 11.1. The van der Waals surface area contributed by atoms with Crippen molar-refractivity contribution in [2.45, 2.75) is 52.5 Å². The fourth-order valence-corrected chi connectivity index (χ4v) is 3.73. The molecule has 2 aromatic heterocycles. The maximum atomic E-state index is 13.1. The molecule has 0 saturated carbocycles. The molecule has 0 saturated heterocycles. The summed E-state index contributed by atoms with van der Waals surface area (Å²) in [7, 11) is 1.49. The molecule has 0 spiro atoms. The Bertz CT molecular complexity index is 1080. The SMILES string of the molecule is CCCC1=CN(C(=O)c2cc(C)ccc2-n2nccn2)C1CCC.COc1ccc(F)cn1. The van der Waals surface area contributed by atoms with Crippen LogP contribution >= 0.6 is 0 Å². The summed E-state index contributed by atoms with van der Waals surface area (Å²) in [5.41, 5.74) is 3.82. The Morgan fingerprint density at radius 3 is 2.48 bits per heavy atom. The van der Waals surface area contributed by atoms with E-state index in [4.69, 9.17) is 4.74 Å². The molecule has 1 atom stereocenters. The predicted octanol–water partition coefficient (Wildman–Crippen LogP) is 5.11. The average molecular weight is 452 g/mol. The van der Waals surface area contributed by atoms with Gasteiger partial charge in [-0.1, -0.05) is 38.3 Å². The van der Waals surface area contributed by atoms with E-state index in [0.29, 0.717) is 11.4 Å². The number of aryl methyl sites for hydroxylation is 1. The highest BCUT2D eigenvalue weighted by Crippen LogP contribution is 2.32. The number of carbonyl (C=O) groups is 1. The van der Waals surface area contributed by atoms with Crippen LogP contribution in [0.25, 0.3) is 5.69 Å². The number of aromatic nitrogens is 4. The number of halogens is 1.